The summed E-state index contributed by atoms with van der Waals surface area (Å²) in [4.78, 5) is 11.0. The van der Waals surface area contributed by atoms with Crippen molar-refractivity contribution in [2.75, 3.05) is 30.7 Å². The molecule has 0 saturated carbocycles. The van der Waals surface area contributed by atoms with E-state index in [1.807, 2.05) is 36.0 Å². The molecule has 0 spiro atoms. The Morgan fingerprint density at radius 3 is 2.72 bits per heavy atom. The molecule has 7 nitrogen and oxygen atoms in total. The second-order valence-electron chi connectivity index (χ2n) is 7.24. The summed E-state index contributed by atoms with van der Waals surface area (Å²) in [5.74, 6) is 0.635. The third-order valence-electron chi connectivity index (χ3n) is 5.32. The van der Waals surface area contributed by atoms with Gasteiger partial charge in [0.1, 0.15) is 11.6 Å². The highest BCUT2D eigenvalue weighted by Gasteiger charge is 2.25. The molecule has 3 aromatic rings. The number of hydrogen-bond donors (Lipinski definition) is 2. The quantitative estimate of drug-likeness (QED) is 0.638. The number of nitrogens with two attached hydrogens (primary N) is 1. The molecular formula is C21H26FN7. The van der Waals surface area contributed by atoms with Crippen molar-refractivity contribution < 1.29 is 4.39 Å². The van der Waals surface area contributed by atoms with Gasteiger partial charge in [0.25, 0.3) is 0 Å². The summed E-state index contributed by atoms with van der Waals surface area (Å²) in [6.07, 6.45) is 5.97. The van der Waals surface area contributed by atoms with Crippen LogP contribution in [0.1, 0.15) is 31.4 Å². The second-order valence-corrected chi connectivity index (χ2v) is 7.24. The number of aromatic nitrogens is 4. The Balaban J connectivity index is 1.56. The minimum absolute atomic E-state index is 0.0684. The monoisotopic (exact) mass is 395 g/mol. The van der Waals surface area contributed by atoms with Gasteiger partial charge in [-0.1, -0.05) is 18.2 Å². The van der Waals surface area contributed by atoms with E-state index in [1.165, 1.54) is 6.07 Å². The number of halogens is 1. The fourth-order valence-electron chi connectivity index (χ4n) is 3.81. The summed E-state index contributed by atoms with van der Waals surface area (Å²) in [6, 6.07) is 8.77. The van der Waals surface area contributed by atoms with Gasteiger partial charge in [-0.05, 0) is 38.9 Å². The SMILES string of the molecule is CCn1cc(-c2cc(NCC(c3ccccc3F)N3CCCC3)nc(N)n2)cn1. The number of nitrogen functional groups attached to an aromatic ring is 1. The summed E-state index contributed by atoms with van der Waals surface area (Å²) in [5, 5.41) is 7.65. The zero-order valence-corrected chi connectivity index (χ0v) is 16.6. The van der Waals surface area contributed by atoms with Gasteiger partial charge in [-0.2, -0.15) is 10.1 Å². The number of nitrogens with zero attached hydrogens (tertiary/aromatic N) is 5. The summed E-state index contributed by atoms with van der Waals surface area (Å²) in [6.45, 7) is 5.28. The summed E-state index contributed by atoms with van der Waals surface area (Å²) >= 11 is 0. The molecule has 1 saturated heterocycles. The average molecular weight is 395 g/mol. The van der Waals surface area contributed by atoms with E-state index in [4.69, 9.17) is 5.73 Å². The van der Waals surface area contributed by atoms with Crippen molar-refractivity contribution >= 4 is 11.8 Å². The van der Waals surface area contributed by atoms with Crippen LogP contribution in [0.2, 0.25) is 0 Å². The van der Waals surface area contributed by atoms with Crippen molar-refractivity contribution in [3.63, 3.8) is 0 Å². The Morgan fingerprint density at radius 1 is 1.21 bits per heavy atom. The lowest BCUT2D eigenvalue weighted by atomic mass is 10.0. The van der Waals surface area contributed by atoms with Crippen LogP contribution in [0, 0.1) is 5.82 Å². The third kappa shape index (κ3) is 4.37. The first-order valence-corrected chi connectivity index (χ1v) is 10.0. The number of aryl methyl sites for hydroxylation is 1. The Bertz CT molecular complexity index is 965. The van der Waals surface area contributed by atoms with Crippen molar-refractivity contribution in [1.29, 1.82) is 0 Å². The molecule has 4 rings (SSSR count). The van der Waals surface area contributed by atoms with Crippen molar-refractivity contribution in [2.24, 2.45) is 0 Å². The van der Waals surface area contributed by atoms with E-state index in [0.717, 1.165) is 38.0 Å². The largest absolute Gasteiger partial charge is 0.368 e. The standard InChI is InChI=1S/C21H26FN7/c1-2-29-14-15(12-25-29)18-11-20(27-21(23)26-18)24-13-19(28-9-5-6-10-28)16-7-3-4-8-17(16)22/h3-4,7-8,11-12,14,19H,2,5-6,9-10,13H2,1H3,(H3,23,24,26,27). The van der Waals surface area contributed by atoms with Gasteiger partial charge >= 0.3 is 0 Å². The van der Waals surface area contributed by atoms with Gasteiger partial charge in [-0.25, -0.2) is 9.37 Å². The summed E-state index contributed by atoms with van der Waals surface area (Å²) in [5.41, 5.74) is 8.24. The fourth-order valence-corrected chi connectivity index (χ4v) is 3.81. The molecule has 0 bridgehead atoms. The van der Waals surface area contributed by atoms with Crippen LogP contribution in [-0.2, 0) is 6.54 Å². The maximum Gasteiger partial charge on any atom is 0.222 e. The number of benzene rings is 1. The van der Waals surface area contributed by atoms with Crippen LogP contribution in [0.5, 0.6) is 0 Å². The molecule has 3 N–H and O–H groups in total. The summed E-state index contributed by atoms with van der Waals surface area (Å²) < 4.78 is 16.3. The molecule has 8 heteroatoms. The van der Waals surface area contributed by atoms with Crippen LogP contribution in [0.25, 0.3) is 11.3 Å². The van der Waals surface area contributed by atoms with E-state index in [0.29, 0.717) is 23.6 Å². The Hall–Kier alpha value is -3.00. The molecule has 1 aliphatic rings. The molecule has 29 heavy (non-hydrogen) atoms. The highest BCUT2D eigenvalue weighted by molar-refractivity contribution is 5.62. The van der Waals surface area contributed by atoms with E-state index in [1.54, 1.807) is 12.3 Å². The molecular weight excluding hydrogens is 369 g/mol. The van der Waals surface area contributed by atoms with Crippen LogP contribution >= 0.6 is 0 Å². The van der Waals surface area contributed by atoms with E-state index < -0.39 is 0 Å². The highest BCUT2D eigenvalue weighted by Crippen LogP contribution is 2.28. The molecule has 0 radical (unpaired) electrons. The molecule has 152 valence electrons. The zero-order valence-electron chi connectivity index (χ0n) is 16.6. The van der Waals surface area contributed by atoms with Crippen molar-refractivity contribution in [2.45, 2.75) is 32.4 Å². The predicted octanol–water partition coefficient (Wildman–Crippen LogP) is 3.33. The predicted molar refractivity (Wildman–Crippen MR) is 112 cm³/mol. The third-order valence-corrected chi connectivity index (χ3v) is 5.32. The molecule has 1 unspecified atom stereocenters. The van der Waals surface area contributed by atoms with Crippen molar-refractivity contribution in [3.8, 4) is 11.3 Å². The topological polar surface area (TPSA) is 84.9 Å². The van der Waals surface area contributed by atoms with E-state index in [2.05, 4.69) is 25.3 Å². The Morgan fingerprint density at radius 2 is 2.00 bits per heavy atom. The molecule has 0 amide bonds. The first-order valence-electron chi connectivity index (χ1n) is 10.0. The van der Waals surface area contributed by atoms with Crippen LogP contribution in [0.4, 0.5) is 16.2 Å². The first-order chi connectivity index (χ1) is 14.1. The number of nitrogens with one attached hydrogen (secondary N) is 1. The van der Waals surface area contributed by atoms with Crippen LogP contribution < -0.4 is 11.1 Å². The minimum Gasteiger partial charge on any atom is -0.368 e. The Labute approximate surface area is 169 Å². The van der Waals surface area contributed by atoms with Crippen LogP contribution in [-0.4, -0.2) is 44.3 Å². The Kier molecular flexibility index (Phi) is 5.71. The van der Waals surface area contributed by atoms with Gasteiger partial charge in [0, 0.05) is 36.5 Å². The normalized spacial score (nSPS) is 15.5. The highest BCUT2D eigenvalue weighted by atomic mass is 19.1. The molecule has 2 aromatic heterocycles. The maximum absolute atomic E-state index is 14.5. The number of hydrogen-bond acceptors (Lipinski definition) is 6. The molecule has 3 heterocycles. The van der Waals surface area contributed by atoms with Gasteiger partial charge in [0.05, 0.1) is 17.9 Å². The number of rotatable bonds is 7. The van der Waals surface area contributed by atoms with Crippen molar-refractivity contribution in [1.82, 2.24) is 24.6 Å². The second kappa shape index (κ2) is 8.57. The fraction of sp³-hybridized carbons (Fsp3) is 0.381. The molecule has 1 atom stereocenters. The van der Waals surface area contributed by atoms with Crippen LogP contribution in [0.15, 0.2) is 42.7 Å². The smallest absolute Gasteiger partial charge is 0.222 e. The molecule has 0 aliphatic carbocycles. The molecule has 1 aromatic carbocycles. The first kappa shape index (κ1) is 19.3. The van der Waals surface area contributed by atoms with Gasteiger partial charge in [-0.15, -0.1) is 0 Å². The van der Waals surface area contributed by atoms with Gasteiger partial charge < -0.3 is 11.1 Å². The van der Waals surface area contributed by atoms with E-state index in [9.17, 15) is 4.39 Å². The molecule has 1 fully saturated rings. The molecule has 1 aliphatic heterocycles. The minimum atomic E-state index is -0.180. The lowest BCUT2D eigenvalue weighted by Crippen LogP contribution is -2.31. The van der Waals surface area contributed by atoms with Crippen LogP contribution in [0.3, 0.4) is 0 Å². The average Bonchev–Trinajstić information content (AvgIpc) is 3.41. The van der Waals surface area contributed by atoms with Gasteiger partial charge in [0.2, 0.25) is 5.95 Å². The van der Waals surface area contributed by atoms with Crippen molar-refractivity contribution in [3.05, 3.63) is 54.1 Å². The lowest BCUT2D eigenvalue weighted by Gasteiger charge is -2.28. The lowest BCUT2D eigenvalue weighted by molar-refractivity contribution is 0.250. The number of anilines is 2. The summed E-state index contributed by atoms with van der Waals surface area (Å²) in [7, 11) is 0. The maximum atomic E-state index is 14.5. The van der Waals surface area contributed by atoms with E-state index >= 15 is 0 Å². The van der Waals surface area contributed by atoms with Gasteiger partial charge in [-0.3, -0.25) is 9.58 Å². The zero-order chi connectivity index (χ0) is 20.2. The van der Waals surface area contributed by atoms with Gasteiger partial charge in [0.15, 0.2) is 0 Å². The number of likely N-dealkylation sites (tertiary alicyclic amines) is 1. The van der Waals surface area contributed by atoms with E-state index in [-0.39, 0.29) is 17.8 Å².